The lowest BCUT2D eigenvalue weighted by Crippen LogP contribution is -2.41. The summed E-state index contributed by atoms with van der Waals surface area (Å²) in [6.45, 7) is 3.45. The Kier molecular flexibility index (Phi) is 3.31. The fourth-order valence-electron chi connectivity index (χ4n) is 1.84. The van der Waals surface area contributed by atoms with Crippen LogP contribution in [0.5, 0.6) is 0 Å². The topological polar surface area (TPSA) is 99.1 Å². The van der Waals surface area contributed by atoms with E-state index in [4.69, 9.17) is 5.11 Å². The average Bonchev–Trinajstić information content (AvgIpc) is 2.75. The quantitative estimate of drug-likeness (QED) is 0.852. The summed E-state index contributed by atoms with van der Waals surface area (Å²) in [6.07, 6.45) is 3.88. The normalized spacial score (nSPS) is 11.0. The number of aromatic nitrogens is 4. The fraction of sp³-hybridized carbons (Fsp3) is 0.333. The van der Waals surface area contributed by atoms with Gasteiger partial charge in [0.1, 0.15) is 5.56 Å². The van der Waals surface area contributed by atoms with Crippen LogP contribution in [-0.2, 0) is 7.05 Å². The summed E-state index contributed by atoms with van der Waals surface area (Å²) in [5.41, 5.74) is -1.68. The van der Waals surface area contributed by atoms with Crippen molar-refractivity contribution >= 4 is 5.97 Å². The van der Waals surface area contributed by atoms with Gasteiger partial charge < -0.3 is 5.11 Å². The number of rotatable bonds is 3. The van der Waals surface area contributed by atoms with Crippen molar-refractivity contribution in [1.29, 1.82) is 0 Å². The van der Waals surface area contributed by atoms with Crippen LogP contribution in [0.15, 0.2) is 28.2 Å². The lowest BCUT2D eigenvalue weighted by atomic mass is 10.3. The van der Waals surface area contributed by atoms with Crippen LogP contribution in [0.2, 0.25) is 0 Å². The van der Waals surface area contributed by atoms with Crippen molar-refractivity contribution in [2.75, 3.05) is 0 Å². The van der Waals surface area contributed by atoms with E-state index in [1.54, 1.807) is 20.9 Å². The Labute approximate surface area is 113 Å². The third kappa shape index (κ3) is 2.15. The average molecular weight is 278 g/mol. The molecule has 0 fully saturated rings. The Morgan fingerprint density at radius 2 is 1.95 bits per heavy atom. The molecule has 0 radical (unpaired) electrons. The van der Waals surface area contributed by atoms with Gasteiger partial charge in [0.15, 0.2) is 0 Å². The predicted octanol–water partition coefficient (Wildman–Crippen LogP) is 0.0118. The Bertz CT molecular complexity index is 781. The summed E-state index contributed by atoms with van der Waals surface area (Å²) in [5, 5.41) is 13.0. The number of aryl methyl sites for hydroxylation is 1. The maximum absolute atomic E-state index is 12.3. The van der Waals surface area contributed by atoms with E-state index in [1.165, 1.54) is 21.6 Å². The van der Waals surface area contributed by atoms with Crippen molar-refractivity contribution in [3.8, 4) is 5.69 Å². The smallest absolute Gasteiger partial charge is 0.342 e. The molecule has 0 aliphatic heterocycles. The third-order valence-corrected chi connectivity index (χ3v) is 2.85. The first-order valence-corrected chi connectivity index (χ1v) is 5.93. The zero-order valence-electron chi connectivity index (χ0n) is 11.3. The molecule has 8 nitrogen and oxygen atoms in total. The minimum Gasteiger partial charge on any atom is -0.477 e. The predicted molar refractivity (Wildman–Crippen MR) is 70.4 cm³/mol. The van der Waals surface area contributed by atoms with Crippen LogP contribution in [0.25, 0.3) is 5.69 Å². The minimum absolute atomic E-state index is 0.236. The van der Waals surface area contributed by atoms with Crippen molar-refractivity contribution < 1.29 is 9.90 Å². The van der Waals surface area contributed by atoms with E-state index in [0.717, 1.165) is 10.8 Å². The maximum atomic E-state index is 12.3. The van der Waals surface area contributed by atoms with E-state index in [-0.39, 0.29) is 11.7 Å². The maximum Gasteiger partial charge on any atom is 0.342 e. The summed E-state index contributed by atoms with van der Waals surface area (Å²) in [5.74, 6) is -1.37. The van der Waals surface area contributed by atoms with Gasteiger partial charge in [0.05, 0.1) is 11.9 Å². The van der Waals surface area contributed by atoms with Gasteiger partial charge in [0, 0.05) is 25.5 Å². The number of aromatic carboxylic acids is 1. The Balaban J connectivity index is 2.88. The van der Waals surface area contributed by atoms with Crippen molar-refractivity contribution in [3.63, 3.8) is 0 Å². The molecule has 1 N–H and O–H groups in total. The molecule has 0 unspecified atom stereocenters. The highest BCUT2D eigenvalue weighted by Gasteiger charge is 2.19. The van der Waals surface area contributed by atoms with E-state index in [0.29, 0.717) is 0 Å². The van der Waals surface area contributed by atoms with Crippen LogP contribution in [0.4, 0.5) is 0 Å². The molecular formula is C12H14N4O4. The third-order valence-electron chi connectivity index (χ3n) is 2.85. The van der Waals surface area contributed by atoms with E-state index in [9.17, 15) is 14.4 Å². The zero-order chi connectivity index (χ0) is 15.0. The molecule has 2 rings (SSSR count). The molecule has 0 aliphatic carbocycles. The first-order chi connectivity index (χ1) is 9.32. The molecular weight excluding hydrogens is 264 g/mol. The fourth-order valence-corrected chi connectivity index (χ4v) is 1.84. The summed E-state index contributed by atoms with van der Waals surface area (Å²) in [7, 11) is 1.64. The summed E-state index contributed by atoms with van der Waals surface area (Å²) < 4.78 is 3.45. The molecule has 106 valence electrons. The van der Waals surface area contributed by atoms with Gasteiger partial charge in [-0.2, -0.15) is 5.10 Å². The molecule has 0 amide bonds. The molecule has 0 spiro atoms. The van der Waals surface area contributed by atoms with Crippen LogP contribution < -0.4 is 11.2 Å². The molecule has 0 atom stereocenters. The Morgan fingerprint density at radius 3 is 2.40 bits per heavy atom. The molecule has 2 heterocycles. The molecule has 0 saturated carbocycles. The Hall–Kier alpha value is -2.64. The van der Waals surface area contributed by atoms with Gasteiger partial charge in [-0.05, 0) is 13.8 Å². The lowest BCUT2D eigenvalue weighted by Gasteiger charge is -2.13. The van der Waals surface area contributed by atoms with E-state index >= 15 is 0 Å². The number of carboxylic acid groups (broad SMARTS) is 1. The molecule has 2 aromatic rings. The Morgan fingerprint density at radius 1 is 1.30 bits per heavy atom. The monoisotopic (exact) mass is 278 g/mol. The second-order valence-corrected chi connectivity index (χ2v) is 4.64. The van der Waals surface area contributed by atoms with Gasteiger partial charge >= 0.3 is 11.7 Å². The van der Waals surface area contributed by atoms with Crippen LogP contribution in [0, 0.1) is 0 Å². The highest BCUT2D eigenvalue weighted by Crippen LogP contribution is 2.04. The number of carboxylic acids is 1. The number of hydrogen-bond acceptors (Lipinski definition) is 4. The van der Waals surface area contributed by atoms with Crippen molar-refractivity contribution in [1.82, 2.24) is 18.9 Å². The number of nitrogens with zero attached hydrogens (tertiary/aromatic N) is 4. The van der Waals surface area contributed by atoms with Crippen LogP contribution in [-0.4, -0.2) is 30.0 Å². The lowest BCUT2D eigenvalue weighted by molar-refractivity contribution is 0.0693. The van der Waals surface area contributed by atoms with Gasteiger partial charge in [0.2, 0.25) is 0 Å². The van der Waals surface area contributed by atoms with E-state index < -0.39 is 22.8 Å². The summed E-state index contributed by atoms with van der Waals surface area (Å²) in [6, 6.07) is -0.274. The molecule has 0 aromatic carbocycles. The molecule has 0 saturated heterocycles. The second kappa shape index (κ2) is 4.80. The van der Waals surface area contributed by atoms with Crippen LogP contribution in [0.1, 0.15) is 30.2 Å². The van der Waals surface area contributed by atoms with Gasteiger partial charge in [-0.1, -0.05) is 0 Å². The summed E-state index contributed by atoms with van der Waals surface area (Å²) in [4.78, 5) is 35.6. The van der Waals surface area contributed by atoms with E-state index in [2.05, 4.69) is 5.10 Å². The van der Waals surface area contributed by atoms with Gasteiger partial charge in [0.25, 0.3) is 5.56 Å². The number of carbonyl (C=O) groups is 1. The first-order valence-electron chi connectivity index (χ1n) is 5.93. The molecule has 2 aromatic heterocycles. The highest BCUT2D eigenvalue weighted by atomic mass is 16.4. The molecule has 20 heavy (non-hydrogen) atoms. The van der Waals surface area contributed by atoms with Gasteiger partial charge in [-0.15, -0.1) is 0 Å². The number of hydrogen-bond donors (Lipinski definition) is 1. The molecule has 0 bridgehead atoms. The van der Waals surface area contributed by atoms with Crippen molar-refractivity contribution in [3.05, 3.63) is 45.0 Å². The SMILES string of the molecule is CC(C)n1cc(C(=O)O)c(=O)n(-c2cnn(C)c2)c1=O. The highest BCUT2D eigenvalue weighted by molar-refractivity contribution is 5.86. The van der Waals surface area contributed by atoms with Crippen molar-refractivity contribution in [2.45, 2.75) is 19.9 Å². The van der Waals surface area contributed by atoms with E-state index in [1.807, 2.05) is 0 Å². The van der Waals surface area contributed by atoms with Gasteiger partial charge in [-0.25, -0.2) is 14.2 Å². The van der Waals surface area contributed by atoms with Crippen LogP contribution in [0.3, 0.4) is 0 Å². The van der Waals surface area contributed by atoms with Gasteiger partial charge in [-0.3, -0.25) is 14.0 Å². The zero-order valence-corrected chi connectivity index (χ0v) is 11.3. The standard InChI is InChI=1S/C12H14N4O4/c1-7(2)15-6-9(11(18)19)10(17)16(12(15)20)8-4-13-14(3)5-8/h4-7H,1-3H3,(H,18,19). The van der Waals surface area contributed by atoms with Crippen LogP contribution >= 0.6 is 0 Å². The first kappa shape index (κ1) is 13.8. The second-order valence-electron chi connectivity index (χ2n) is 4.64. The van der Waals surface area contributed by atoms with Crippen molar-refractivity contribution in [2.24, 2.45) is 7.05 Å². The minimum atomic E-state index is -1.37. The summed E-state index contributed by atoms with van der Waals surface area (Å²) >= 11 is 0. The largest absolute Gasteiger partial charge is 0.477 e. The molecule has 0 aliphatic rings. The molecule has 8 heteroatoms.